The normalized spacial score (nSPS) is 18.2. The molecule has 0 amide bonds. The Bertz CT molecular complexity index is 891. The molecule has 150 valence electrons. The second-order valence-corrected chi connectivity index (χ2v) is 7.73. The molecule has 1 atom stereocenters. The van der Waals surface area contributed by atoms with Crippen molar-refractivity contribution in [2.45, 2.75) is 56.7 Å². The van der Waals surface area contributed by atoms with E-state index in [-0.39, 0.29) is 11.5 Å². The Morgan fingerprint density at radius 1 is 1.11 bits per heavy atom. The first-order valence-electron chi connectivity index (χ1n) is 9.48. The molecule has 1 heterocycles. The van der Waals surface area contributed by atoms with Crippen LogP contribution >= 0.6 is 0 Å². The first-order chi connectivity index (χ1) is 13.3. The summed E-state index contributed by atoms with van der Waals surface area (Å²) in [6.07, 6.45) is -1.06. The van der Waals surface area contributed by atoms with E-state index in [2.05, 4.69) is 15.5 Å². The van der Waals surface area contributed by atoms with E-state index in [1.54, 1.807) is 6.92 Å². The smallest absolute Gasteiger partial charge is 0.416 e. The van der Waals surface area contributed by atoms with Crippen molar-refractivity contribution >= 4 is 5.82 Å². The monoisotopic (exact) mass is 393 g/mol. The topological polar surface area (TPSA) is 78.3 Å². The highest BCUT2D eigenvalue weighted by Gasteiger charge is 2.39. The van der Waals surface area contributed by atoms with Crippen molar-refractivity contribution in [2.24, 2.45) is 0 Å². The van der Waals surface area contributed by atoms with Crippen LogP contribution in [0.3, 0.4) is 0 Å². The summed E-state index contributed by atoms with van der Waals surface area (Å²) >= 11 is 0. The highest BCUT2D eigenvalue weighted by molar-refractivity contribution is 5.74. The summed E-state index contributed by atoms with van der Waals surface area (Å²) in [6.45, 7) is 2.01. The number of aromatic nitrogens is 2. The predicted molar refractivity (Wildman–Crippen MR) is 98.3 cm³/mol. The Labute approximate surface area is 160 Å². The summed E-state index contributed by atoms with van der Waals surface area (Å²) in [5, 5.41) is 31.6. The highest BCUT2D eigenvalue weighted by atomic mass is 19.4. The van der Waals surface area contributed by atoms with Crippen molar-refractivity contribution in [1.29, 1.82) is 0 Å². The first-order valence-corrected chi connectivity index (χ1v) is 9.48. The molecule has 0 aliphatic heterocycles. The molecule has 2 saturated carbocycles. The lowest BCUT2D eigenvalue weighted by molar-refractivity contribution is -0.137. The van der Waals surface area contributed by atoms with Gasteiger partial charge in [-0.2, -0.15) is 13.2 Å². The van der Waals surface area contributed by atoms with Crippen LogP contribution in [0.4, 0.5) is 19.0 Å². The number of alkyl halides is 3. The average molecular weight is 393 g/mol. The summed E-state index contributed by atoms with van der Waals surface area (Å²) in [4.78, 5) is 0. The molecule has 0 unspecified atom stereocenters. The fourth-order valence-electron chi connectivity index (χ4n) is 3.52. The molecule has 2 aromatic rings. The van der Waals surface area contributed by atoms with Gasteiger partial charge in [-0.05, 0) is 68.2 Å². The van der Waals surface area contributed by atoms with Gasteiger partial charge in [0.05, 0.1) is 11.7 Å². The molecular formula is C20H22F3N3O2. The number of benzene rings is 1. The molecule has 8 heteroatoms. The Kier molecular flexibility index (Phi) is 4.69. The lowest BCUT2D eigenvalue weighted by Gasteiger charge is -2.19. The summed E-state index contributed by atoms with van der Waals surface area (Å²) < 4.78 is 38.8. The fourth-order valence-corrected chi connectivity index (χ4v) is 3.52. The number of aliphatic hydroxyl groups excluding tert-OH is 1. The molecule has 28 heavy (non-hydrogen) atoms. The highest BCUT2D eigenvalue weighted by Crippen LogP contribution is 2.54. The van der Waals surface area contributed by atoms with E-state index in [1.807, 2.05) is 0 Å². The lowest BCUT2D eigenvalue weighted by Crippen LogP contribution is -2.18. The molecule has 0 radical (unpaired) electrons. The van der Waals surface area contributed by atoms with Crippen LogP contribution in [-0.4, -0.2) is 33.1 Å². The van der Waals surface area contributed by atoms with E-state index in [0.717, 1.165) is 48.9 Å². The summed E-state index contributed by atoms with van der Waals surface area (Å²) in [7, 11) is 0. The minimum Gasteiger partial charge on any atom is -0.507 e. The third kappa shape index (κ3) is 3.78. The number of hydrogen-bond donors (Lipinski definition) is 3. The van der Waals surface area contributed by atoms with Crippen LogP contribution in [0.25, 0.3) is 11.3 Å². The van der Waals surface area contributed by atoms with Gasteiger partial charge in [0.25, 0.3) is 0 Å². The number of nitrogens with zero attached hydrogens (tertiary/aromatic N) is 2. The van der Waals surface area contributed by atoms with Gasteiger partial charge in [0, 0.05) is 17.7 Å². The van der Waals surface area contributed by atoms with E-state index in [0.29, 0.717) is 24.0 Å². The SMILES string of the molecule is C[C@@H](O)CNc1nnc(-c2ccc(C(F)(F)F)cc2O)c(C2CC2)c1C1CC1. The van der Waals surface area contributed by atoms with Crippen molar-refractivity contribution in [3.05, 3.63) is 34.9 Å². The van der Waals surface area contributed by atoms with Crippen LogP contribution in [-0.2, 0) is 6.18 Å². The van der Waals surface area contributed by atoms with Gasteiger partial charge in [0.2, 0.25) is 0 Å². The molecule has 1 aromatic heterocycles. The van der Waals surface area contributed by atoms with E-state index in [4.69, 9.17) is 0 Å². The maximum atomic E-state index is 12.9. The van der Waals surface area contributed by atoms with Crippen LogP contribution in [0.2, 0.25) is 0 Å². The molecule has 0 spiro atoms. The Morgan fingerprint density at radius 2 is 1.75 bits per heavy atom. The van der Waals surface area contributed by atoms with Crippen LogP contribution in [0.5, 0.6) is 5.75 Å². The molecule has 5 nitrogen and oxygen atoms in total. The van der Waals surface area contributed by atoms with Gasteiger partial charge in [0.15, 0.2) is 5.82 Å². The van der Waals surface area contributed by atoms with Crippen molar-refractivity contribution < 1.29 is 23.4 Å². The Balaban J connectivity index is 1.81. The van der Waals surface area contributed by atoms with Crippen molar-refractivity contribution in [2.75, 3.05) is 11.9 Å². The maximum Gasteiger partial charge on any atom is 0.416 e. The number of halogens is 3. The van der Waals surface area contributed by atoms with E-state index >= 15 is 0 Å². The van der Waals surface area contributed by atoms with Gasteiger partial charge >= 0.3 is 6.18 Å². The number of aromatic hydroxyl groups is 1. The summed E-state index contributed by atoms with van der Waals surface area (Å²) in [6, 6.07) is 2.97. The van der Waals surface area contributed by atoms with Gasteiger partial charge in [-0.15, -0.1) is 10.2 Å². The van der Waals surface area contributed by atoms with Crippen LogP contribution in [0, 0.1) is 0 Å². The van der Waals surface area contributed by atoms with E-state index in [9.17, 15) is 23.4 Å². The standard InChI is InChI=1S/C20H22F3N3O2/c1-10(27)9-24-19-17(12-4-5-12)16(11-2-3-11)18(25-26-19)14-7-6-13(8-15(14)28)20(21,22)23/h6-8,10-12,27-28H,2-5,9H2,1H3,(H,24,26)/t10-/m1/s1. The zero-order chi connectivity index (χ0) is 20.1. The number of rotatable bonds is 6. The van der Waals surface area contributed by atoms with Crippen molar-refractivity contribution in [3.8, 4) is 17.0 Å². The molecule has 1 aromatic carbocycles. The van der Waals surface area contributed by atoms with Crippen molar-refractivity contribution in [3.63, 3.8) is 0 Å². The number of phenols is 1. The third-order valence-electron chi connectivity index (χ3n) is 5.17. The lowest BCUT2D eigenvalue weighted by atomic mass is 9.94. The van der Waals surface area contributed by atoms with Crippen LogP contribution < -0.4 is 5.32 Å². The molecule has 3 N–H and O–H groups in total. The zero-order valence-electron chi connectivity index (χ0n) is 15.4. The average Bonchev–Trinajstić information content (AvgIpc) is 3.52. The minimum absolute atomic E-state index is 0.270. The maximum absolute atomic E-state index is 12.9. The van der Waals surface area contributed by atoms with E-state index < -0.39 is 23.6 Å². The summed E-state index contributed by atoms with van der Waals surface area (Å²) in [5.41, 5.74) is 1.84. The summed E-state index contributed by atoms with van der Waals surface area (Å²) in [5.74, 6) is 0.783. The first kappa shape index (κ1) is 19.0. The molecule has 0 bridgehead atoms. The van der Waals surface area contributed by atoms with Crippen LogP contribution in [0.1, 0.15) is 61.1 Å². The van der Waals surface area contributed by atoms with E-state index in [1.165, 1.54) is 6.07 Å². The van der Waals surface area contributed by atoms with Gasteiger partial charge < -0.3 is 15.5 Å². The molecule has 0 saturated heterocycles. The van der Waals surface area contributed by atoms with Crippen molar-refractivity contribution in [1.82, 2.24) is 10.2 Å². The quantitative estimate of drug-likeness (QED) is 0.677. The second kappa shape index (κ2) is 6.92. The van der Waals surface area contributed by atoms with Gasteiger partial charge in [0.1, 0.15) is 11.4 Å². The van der Waals surface area contributed by atoms with Crippen LogP contribution in [0.15, 0.2) is 18.2 Å². The van der Waals surface area contributed by atoms with Gasteiger partial charge in [-0.25, -0.2) is 0 Å². The number of anilines is 1. The third-order valence-corrected chi connectivity index (χ3v) is 5.17. The second-order valence-electron chi connectivity index (χ2n) is 7.73. The zero-order valence-corrected chi connectivity index (χ0v) is 15.4. The Hall–Kier alpha value is -2.35. The Morgan fingerprint density at radius 3 is 2.29 bits per heavy atom. The van der Waals surface area contributed by atoms with Gasteiger partial charge in [-0.3, -0.25) is 0 Å². The van der Waals surface area contributed by atoms with Gasteiger partial charge in [-0.1, -0.05) is 0 Å². The number of phenolic OH excluding ortho intramolecular Hbond substituents is 1. The minimum atomic E-state index is -4.52. The molecule has 2 fully saturated rings. The molecule has 4 rings (SSSR count). The number of aliphatic hydroxyl groups is 1. The number of nitrogens with one attached hydrogen (secondary N) is 1. The molecule has 2 aliphatic carbocycles. The molecule has 2 aliphatic rings. The largest absolute Gasteiger partial charge is 0.507 e. The number of hydrogen-bond acceptors (Lipinski definition) is 5. The fraction of sp³-hybridized carbons (Fsp3) is 0.500. The predicted octanol–water partition coefficient (Wildman–Crippen LogP) is 4.42. The molecular weight excluding hydrogens is 371 g/mol.